The van der Waals surface area contributed by atoms with Gasteiger partial charge in [-0.1, -0.05) is 50.5 Å². The topological polar surface area (TPSA) is 131 Å². The molecular formula is C26H40N2O7S2. The van der Waals surface area contributed by atoms with Crippen LogP contribution in [0.5, 0.6) is 0 Å². The molecule has 9 nitrogen and oxygen atoms in total. The predicted octanol–water partition coefficient (Wildman–Crippen LogP) is 4.37. The lowest BCUT2D eigenvalue weighted by Gasteiger charge is -2.19. The summed E-state index contributed by atoms with van der Waals surface area (Å²) >= 11 is 3.97. The molecule has 0 aliphatic carbocycles. The number of aliphatic carboxylic acids is 1. The van der Waals surface area contributed by atoms with Gasteiger partial charge in [-0.05, 0) is 54.7 Å². The van der Waals surface area contributed by atoms with Gasteiger partial charge in [0.1, 0.15) is 6.04 Å². The molecule has 0 bridgehead atoms. The van der Waals surface area contributed by atoms with Crippen molar-refractivity contribution in [3.63, 3.8) is 0 Å². The quantitative estimate of drug-likeness (QED) is 0.102. The van der Waals surface area contributed by atoms with Crippen molar-refractivity contribution in [1.82, 2.24) is 10.6 Å². The van der Waals surface area contributed by atoms with Gasteiger partial charge >= 0.3 is 12.0 Å². The van der Waals surface area contributed by atoms with E-state index in [1.807, 2.05) is 23.5 Å². The number of unbranched alkanes of at least 4 members (excludes halogenated alkanes) is 3. The van der Waals surface area contributed by atoms with E-state index in [2.05, 4.69) is 46.6 Å². The molecule has 0 spiro atoms. The minimum atomic E-state index is -1.13. The lowest BCUT2D eigenvalue weighted by atomic mass is 10.0. The zero-order valence-corrected chi connectivity index (χ0v) is 23.2. The van der Waals surface area contributed by atoms with Crippen molar-refractivity contribution >= 4 is 48.5 Å². The van der Waals surface area contributed by atoms with E-state index in [1.165, 1.54) is 34.1 Å². The number of carboxylic acids is 1. The Labute approximate surface area is 228 Å². The summed E-state index contributed by atoms with van der Waals surface area (Å²) in [4.78, 5) is 44.5. The Morgan fingerprint density at radius 3 is 2.38 bits per heavy atom. The van der Waals surface area contributed by atoms with Gasteiger partial charge in [-0.3, -0.25) is 9.59 Å². The molecule has 0 unspecified atom stereocenters. The number of hydrogen-bond donors (Lipinski definition) is 3. The molecule has 0 saturated carbocycles. The maximum absolute atomic E-state index is 12.1. The van der Waals surface area contributed by atoms with Gasteiger partial charge in [0, 0.05) is 11.5 Å². The van der Waals surface area contributed by atoms with E-state index in [0.29, 0.717) is 12.8 Å². The highest BCUT2D eigenvalue weighted by molar-refractivity contribution is 8.15. The first-order valence-corrected chi connectivity index (χ1v) is 15.0. The highest BCUT2D eigenvalue weighted by Crippen LogP contribution is 2.16. The van der Waals surface area contributed by atoms with Gasteiger partial charge in [-0.25, -0.2) is 9.59 Å². The van der Waals surface area contributed by atoms with Gasteiger partial charge in [0.2, 0.25) is 0 Å². The number of rotatable bonds is 23. The molecule has 0 heterocycles. The number of aryl methyl sites for hydroxylation is 2. The molecule has 3 N–H and O–H groups in total. The second kappa shape index (κ2) is 21.7. The average Bonchev–Trinajstić information content (AvgIpc) is 2.87. The monoisotopic (exact) mass is 556 g/mol. The molecule has 0 saturated heterocycles. The Morgan fingerprint density at radius 1 is 0.973 bits per heavy atom. The fraction of sp³-hybridized carbons (Fsp3) is 0.615. The van der Waals surface area contributed by atoms with Crippen LogP contribution in [0.25, 0.3) is 0 Å². The third-order valence-electron chi connectivity index (χ3n) is 5.51. The van der Waals surface area contributed by atoms with Crippen LogP contribution in [0.1, 0.15) is 63.0 Å². The van der Waals surface area contributed by atoms with Gasteiger partial charge in [0.25, 0.3) is 12.9 Å². The van der Waals surface area contributed by atoms with Crippen LogP contribution in [-0.4, -0.2) is 65.5 Å². The third-order valence-corrected chi connectivity index (χ3v) is 7.82. The second-order valence-electron chi connectivity index (χ2n) is 8.38. The van der Waals surface area contributed by atoms with Crippen LogP contribution in [-0.2, 0) is 36.7 Å². The summed E-state index contributed by atoms with van der Waals surface area (Å²) in [5, 5.41) is 15.3. The number of carboxylic acid groups (broad SMARTS) is 1. The zero-order chi connectivity index (χ0) is 27.1. The number of urea groups is 1. The van der Waals surface area contributed by atoms with Crippen LogP contribution in [0.4, 0.5) is 4.79 Å². The number of benzene rings is 1. The molecule has 1 rings (SSSR count). The number of thioether (sulfide) groups is 2. The molecule has 2 amide bonds. The Hall–Kier alpha value is -2.40. The van der Waals surface area contributed by atoms with Gasteiger partial charge < -0.3 is 25.2 Å². The summed E-state index contributed by atoms with van der Waals surface area (Å²) in [5.41, 5.74) is 2.71. The Kier molecular flexibility index (Phi) is 19.1. The van der Waals surface area contributed by atoms with Crippen molar-refractivity contribution in [3.8, 4) is 0 Å². The van der Waals surface area contributed by atoms with Crippen molar-refractivity contribution in [2.75, 3.05) is 23.2 Å². The minimum Gasteiger partial charge on any atom is -0.480 e. The number of carbonyl (C=O) groups excluding carboxylic acids is 3. The van der Waals surface area contributed by atoms with Crippen LogP contribution in [0.2, 0.25) is 0 Å². The number of ether oxygens (including phenoxy) is 2. The Bertz CT molecular complexity index is 798. The van der Waals surface area contributed by atoms with Gasteiger partial charge in [0.05, 0.1) is 6.61 Å². The molecule has 37 heavy (non-hydrogen) atoms. The standard InChI is InChI=1S/C26H40N2O7S2/c1-2-36-20-37-16-8-12-22-11-7-10-21(17-22)9-5-3-4-6-13-23(25(31)32)27-26(33)28-24(35-19-30)14-15-34-18-29/h7,10-11,17-19,23-24H,2-6,8-9,12-16,20H2,1H3,(H,31,32)(H2,27,28,33)/t23-,24+/m0/s1. The van der Waals surface area contributed by atoms with Gasteiger partial charge in [-0.2, -0.15) is 23.5 Å². The average molecular weight is 557 g/mol. The van der Waals surface area contributed by atoms with E-state index < -0.39 is 24.3 Å². The normalized spacial score (nSPS) is 12.2. The van der Waals surface area contributed by atoms with Crippen molar-refractivity contribution in [2.45, 2.75) is 77.0 Å². The zero-order valence-electron chi connectivity index (χ0n) is 21.5. The maximum Gasteiger partial charge on any atom is 0.326 e. The van der Waals surface area contributed by atoms with E-state index in [1.54, 1.807) is 0 Å². The van der Waals surface area contributed by atoms with Gasteiger partial charge in [0.15, 0.2) is 6.23 Å². The van der Waals surface area contributed by atoms with Gasteiger partial charge in [-0.15, -0.1) is 0 Å². The van der Waals surface area contributed by atoms with Crippen LogP contribution < -0.4 is 10.6 Å². The first-order valence-electron chi connectivity index (χ1n) is 12.7. The summed E-state index contributed by atoms with van der Waals surface area (Å²) < 4.78 is 9.23. The molecule has 0 aromatic heterocycles. The predicted molar refractivity (Wildman–Crippen MR) is 148 cm³/mol. The highest BCUT2D eigenvalue weighted by atomic mass is 32.2. The first-order chi connectivity index (χ1) is 18.0. The summed E-state index contributed by atoms with van der Waals surface area (Å²) in [5.74, 6) is 1.23. The summed E-state index contributed by atoms with van der Waals surface area (Å²) in [6.07, 6.45) is 6.10. The Balaban J connectivity index is 2.29. The van der Waals surface area contributed by atoms with E-state index in [9.17, 15) is 24.3 Å². The SMILES string of the molecule is CCSCSCCCc1cccc(CCCCCC[C@H](NC(=O)N[C@@H](CCOC=O)OC=O)C(=O)O)c1. The van der Waals surface area contributed by atoms with Crippen molar-refractivity contribution in [1.29, 1.82) is 0 Å². The summed E-state index contributed by atoms with van der Waals surface area (Å²) in [6, 6.07) is 6.93. The minimum absolute atomic E-state index is 0.0445. The van der Waals surface area contributed by atoms with Crippen LogP contribution >= 0.6 is 23.5 Å². The van der Waals surface area contributed by atoms with Crippen molar-refractivity contribution < 1.29 is 33.8 Å². The fourth-order valence-electron chi connectivity index (χ4n) is 3.62. The van der Waals surface area contributed by atoms with Crippen molar-refractivity contribution in [3.05, 3.63) is 35.4 Å². The third kappa shape index (κ3) is 16.9. The van der Waals surface area contributed by atoms with Crippen LogP contribution in [0.15, 0.2) is 24.3 Å². The number of nitrogens with one attached hydrogen (secondary N) is 2. The highest BCUT2D eigenvalue weighted by Gasteiger charge is 2.21. The fourth-order valence-corrected chi connectivity index (χ4v) is 5.58. The Morgan fingerprint density at radius 2 is 1.70 bits per heavy atom. The second-order valence-corrected chi connectivity index (χ2v) is 11.1. The molecule has 208 valence electrons. The number of hydrogen-bond acceptors (Lipinski definition) is 8. The van der Waals surface area contributed by atoms with Crippen LogP contribution in [0, 0.1) is 0 Å². The lowest BCUT2D eigenvalue weighted by Crippen LogP contribution is -2.49. The molecule has 0 fully saturated rings. The van der Waals surface area contributed by atoms with E-state index >= 15 is 0 Å². The molecule has 2 atom stereocenters. The maximum atomic E-state index is 12.1. The number of carbonyl (C=O) groups is 4. The van der Waals surface area contributed by atoms with Crippen LogP contribution in [0.3, 0.4) is 0 Å². The summed E-state index contributed by atoms with van der Waals surface area (Å²) in [6.45, 7) is 2.52. The molecule has 0 aliphatic heterocycles. The van der Waals surface area contributed by atoms with E-state index in [4.69, 9.17) is 4.74 Å². The molecule has 1 aromatic rings. The molecule has 0 radical (unpaired) electrons. The largest absolute Gasteiger partial charge is 0.480 e. The molecule has 11 heteroatoms. The van der Waals surface area contributed by atoms with E-state index in [0.717, 1.165) is 32.1 Å². The number of amides is 2. The molecular weight excluding hydrogens is 516 g/mol. The summed E-state index contributed by atoms with van der Waals surface area (Å²) in [7, 11) is 0. The van der Waals surface area contributed by atoms with E-state index in [-0.39, 0.29) is 26.0 Å². The van der Waals surface area contributed by atoms with Crippen molar-refractivity contribution in [2.24, 2.45) is 0 Å². The molecule has 0 aliphatic rings. The smallest absolute Gasteiger partial charge is 0.326 e. The first kappa shape index (κ1) is 32.6. The molecule has 1 aromatic carbocycles. The lowest BCUT2D eigenvalue weighted by molar-refractivity contribution is -0.140.